The Hall–Kier alpha value is -0.580. The zero-order chi connectivity index (χ0) is 15.4. The number of aliphatic hydroxyl groups excluding tert-OH is 1. The zero-order valence-electron chi connectivity index (χ0n) is 12.3. The van der Waals surface area contributed by atoms with Gasteiger partial charge < -0.3 is 5.11 Å². The van der Waals surface area contributed by atoms with Crippen LogP contribution in [0.5, 0.6) is 0 Å². The third-order valence-corrected chi connectivity index (χ3v) is 6.61. The molecule has 3 nitrogen and oxygen atoms in total. The molecular formula is C15H23ClO3S. The number of alkyl halides is 1. The highest BCUT2D eigenvalue weighted by atomic mass is 35.5. The second-order valence-corrected chi connectivity index (χ2v) is 8.65. The van der Waals surface area contributed by atoms with Crippen LogP contribution in [0.2, 0.25) is 0 Å². The van der Waals surface area contributed by atoms with Gasteiger partial charge in [-0.25, -0.2) is 8.42 Å². The first-order valence-electron chi connectivity index (χ1n) is 6.91. The topological polar surface area (TPSA) is 54.4 Å². The SMILES string of the molecule is CCCCCC(O)[C@@](C)(Cl)S(=O)(=O)c1ccc(C)cc1. The fourth-order valence-electron chi connectivity index (χ4n) is 1.97. The van der Waals surface area contributed by atoms with Crippen molar-refractivity contribution < 1.29 is 13.5 Å². The Morgan fingerprint density at radius 2 is 1.80 bits per heavy atom. The predicted octanol–water partition coefficient (Wildman–Crippen LogP) is 3.66. The molecule has 0 bridgehead atoms. The Balaban J connectivity index is 2.96. The molecule has 20 heavy (non-hydrogen) atoms. The Morgan fingerprint density at radius 3 is 2.30 bits per heavy atom. The fourth-order valence-corrected chi connectivity index (χ4v) is 3.78. The maximum atomic E-state index is 12.5. The molecule has 2 atom stereocenters. The van der Waals surface area contributed by atoms with E-state index in [1.165, 1.54) is 19.1 Å². The number of hydrogen-bond donors (Lipinski definition) is 1. The Morgan fingerprint density at radius 1 is 1.25 bits per heavy atom. The maximum absolute atomic E-state index is 12.5. The molecule has 0 saturated carbocycles. The largest absolute Gasteiger partial charge is 0.390 e. The lowest BCUT2D eigenvalue weighted by atomic mass is 10.1. The van der Waals surface area contributed by atoms with Crippen LogP contribution in [0.25, 0.3) is 0 Å². The van der Waals surface area contributed by atoms with Crippen LogP contribution in [-0.4, -0.2) is 23.8 Å². The third kappa shape index (κ3) is 3.74. The van der Waals surface area contributed by atoms with E-state index >= 15 is 0 Å². The summed E-state index contributed by atoms with van der Waals surface area (Å²) in [5, 5.41) is 10.1. The zero-order valence-corrected chi connectivity index (χ0v) is 13.8. The highest BCUT2D eigenvalue weighted by Crippen LogP contribution is 2.34. The molecule has 0 aromatic heterocycles. The quantitative estimate of drug-likeness (QED) is 0.616. The average molecular weight is 319 g/mol. The summed E-state index contributed by atoms with van der Waals surface area (Å²) in [6.07, 6.45) is 2.04. The Kier molecular flexibility index (Phi) is 6.05. The Labute approximate surface area is 126 Å². The number of aliphatic hydroxyl groups is 1. The van der Waals surface area contributed by atoms with Crippen LogP contribution >= 0.6 is 11.6 Å². The smallest absolute Gasteiger partial charge is 0.200 e. The van der Waals surface area contributed by atoms with Crippen molar-refractivity contribution in [3.8, 4) is 0 Å². The summed E-state index contributed by atoms with van der Waals surface area (Å²) in [6.45, 7) is 5.31. The molecule has 0 aliphatic heterocycles. The van der Waals surface area contributed by atoms with E-state index in [2.05, 4.69) is 6.92 Å². The molecule has 1 aromatic carbocycles. The number of benzene rings is 1. The normalized spacial score (nSPS) is 16.6. The van der Waals surface area contributed by atoms with Crippen molar-refractivity contribution in [3.05, 3.63) is 29.8 Å². The summed E-state index contributed by atoms with van der Waals surface area (Å²) in [5.74, 6) is 0. The van der Waals surface area contributed by atoms with Gasteiger partial charge in [0.05, 0.1) is 11.0 Å². The van der Waals surface area contributed by atoms with Gasteiger partial charge in [-0.2, -0.15) is 0 Å². The van der Waals surface area contributed by atoms with Crippen LogP contribution in [0, 0.1) is 6.92 Å². The summed E-state index contributed by atoms with van der Waals surface area (Å²) >= 11 is 6.19. The van der Waals surface area contributed by atoms with Crippen molar-refractivity contribution in [2.45, 2.75) is 61.7 Å². The molecular weight excluding hydrogens is 296 g/mol. The number of aryl methyl sites for hydroxylation is 1. The molecule has 0 amide bonds. The Bertz CT molecular complexity index is 521. The highest BCUT2D eigenvalue weighted by molar-refractivity contribution is 7.94. The molecule has 0 aliphatic rings. The second-order valence-electron chi connectivity index (χ2n) is 5.31. The maximum Gasteiger partial charge on any atom is 0.200 e. The van der Waals surface area contributed by atoms with Crippen molar-refractivity contribution >= 4 is 21.4 Å². The lowest BCUT2D eigenvalue weighted by molar-refractivity contribution is 0.146. The van der Waals surface area contributed by atoms with Gasteiger partial charge in [0, 0.05) is 0 Å². The summed E-state index contributed by atoms with van der Waals surface area (Å²) in [6, 6.07) is 6.51. The van der Waals surface area contributed by atoms with Crippen LogP contribution in [-0.2, 0) is 9.84 Å². The van der Waals surface area contributed by atoms with Gasteiger partial charge in [0.2, 0.25) is 0 Å². The summed E-state index contributed by atoms with van der Waals surface area (Å²) < 4.78 is 23.4. The molecule has 0 saturated heterocycles. The first-order valence-corrected chi connectivity index (χ1v) is 8.78. The fraction of sp³-hybridized carbons (Fsp3) is 0.600. The van der Waals surface area contributed by atoms with Crippen molar-refractivity contribution in [1.82, 2.24) is 0 Å². The number of sulfone groups is 1. The van der Waals surface area contributed by atoms with Crippen molar-refractivity contribution in [2.75, 3.05) is 0 Å². The molecule has 1 rings (SSSR count). The molecule has 5 heteroatoms. The summed E-state index contributed by atoms with van der Waals surface area (Å²) in [5.41, 5.74) is 0.976. The monoisotopic (exact) mass is 318 g/mol. The molecule has 0 radical (unpaired) electrons. The lowest BCUT2D eigenvalue weighted by Crippen LogP contribution is -2.41. The third-order valence-electron chi connectivity index (χ3n) is 3.53. The van der Waals surface area contributed by atoms with Crippen LogP contribution in [0.4, 0.5) is 0 Å². The minimum Gasteiger partial charge on any atom is -0.390 e. The molecule has 1 N–H and O–H groups in total. The average Bonchev–Trinajstić information content (AvgIpc) is 2.39. The van der Waals surface area contributed by atoms with Gasteiger partial charge in [-0.3, -0.25) is 0 Å². The molecule has 0 fully saturated rings. The van der Waals surface area contributed by atoms with Crippen LogP contribution in [0.1, 0.15) is 45.1 Å². The van der Waals surface area contributed by atoms with Gasteiger partial charge in [-0.05, 0) is 32.4 Å². The van der Waals surface area contributed by atoms with Gasteiger partial charge in [-0.15, -0.1) is 0 Å². The summed E-state index contributed by atoms with van der Waals surface area (Å²) in [7, 11) is -3.78. The van der Waals surface area contributed by atoms with Crippen molar-refractivity contribution in [2.24, 2.45) is 0 Å². The number of rotatable bonds is 7. The molecule has 0 spiro atoms. The van der Waals surface area contributed by atoms with E-state index < -0.39 is 20.1 Å². The van der Waals surface area contributed by atoms with Gasteiger partial charge in [0.1, 0.15) is 0 Å². The van der Waals surface area contributed by atoms with Crippen LogP contribution in [0.15, 0.2) is 29.2 Å². The van der Waals surface area contributed by atoms with E-state index in [9.17, 15) is 13.5 Å². The van der Waals surface area contributed by atoms with Crippen LogP contribution < -0.4 is 0 Å². The van der Waals surface area contributed by atoms with Gasteiger partial charge in [-0.1, -0.05) is 55.5 Å². The molecule has 1 unspecified atom stereocenters. The minimum atomic E-state index is -3.78. The standard InChI is InChI=1S/C15H23ClO3S/c1-4-5-6-7-14(17)15(3,16)20(18,19)13-10-8-12(2)9-11-13/h8-11,14,17H,4-7H2,1-3H3/t14?,15-/m0/s1. The van der Waals surface area contributed by atoms with E-state index in [1.807, 2.05) is 6.92 Å². The van der Waals surface area contributed by atoms with Crippen LogP contribution in [0.3, 0.4) is 0 Å². The van der Waals surface area contributed by atoms with E-state index in [0.717, 1.165) is 24.8 Å². The molecule has 114 valence electrons. The van der Waals surface area contributed by atoms with Gasteiger partial charge in [0.15, 0.2) is 14.0 Å². The minimum absolute atomic E-state index is 0.148. The lowest BCUT2D eigenvalue weighted by Gasteiger charge is -2.28. The number of hydrogen-bond acceptors (Lipinski definition) is 3. The van der Waals surface area contributed by atoms with Crippen molar-refractivity contribution in [1.29, 1.82) is 0 Å². The van der Waals surface area contributed by atoms with E-state index in [4.69, 9.17) is 11.6 Å². The molecule has 0 aliphatic carbocycles. The number of unbranched alkanes of at least 4 members (excludes halogenated alkanes) is 2. The van der Waals surface area contributed by atoms with E-state index in [1.54, 1.807) is 12.1 Å². The molecule has 1 aromatic rings. The van der Waals surface area contributed by atoms with E-state index in [0.29, 0.717) is 6.42 Å². The van der Waals surface area contributed by atoms with E-state index in [-0.39, 0.29) is 4.90 Å². The first-order chi connectivity index (χ1) is 9.23. The molecule has 0 heterocycles. The summed E-state index contributed by atoms with van der Waals surface area (Å²) in [4.78, 5) is 0.148. The second kappa shape index (κ2) is 6.92. The highest BCUT2D eigenvalue weighted by Gasteiger charge is 2.44. The van der Waals surface area contributed by atoms with Gasteiger partial charge >= 0.3 is 0 Å². The van der Waals surface area contributed by atoms with Crippen molar-refractivity contribution in [3.63, 3.8) is 0 Å². The predicted molar refractivity (Wildman–Crippen MR) is 82.8 cm³/mol. The van der Waals surface area contributed by atoms with Gasteiger partial charge in [0.25, 0.3) is 0 Å². The number of halogens is 1. The first kappa shape index (κ1) is 17.5.